The third-order valence-corrected chi connectivity index (χ3v) is 5.96. The summed E-state index contributed by atoms with van der Waals surface area (Å²) in [7, 11) is 1.92. The van der Waals surface area contributed by atoms with Gasteiger partial charge in [0.2, 0.25) is 5.91 Å². The maximum atomic E-state index is 12.9. The van der Waals surface area contributed by atoms with Crippen molar-refractivity contribution in [2.75, 3.05) is 5.75 Å². The van der Waals surface area contributed by atoms with E-state index in [2.05, 4.69) is 37.0 Å². The van der Waals surface area contributed by atoms with Gasteiger partial charge in [-0.3, -0.25) is 9.78 Å². The van der Waals surface area contributed by atoms with Crippen LogP contribution in [0.15, 0.2) is 72.4 Å². The first-order valence-corrected chi connectivity index (χ1v) is 11.4. The van der Waals surface area contributed by atoms with E-state index in [1.165, 1.54) is 11.8 Å². The van der Waals surface area contributed by atoms with Crippen LogP contribution < -0.4 is 5.32 Å². The zero-order chi connectivity index (χ0) is 22.3. The maximum absolute atomic E-state index is 12.9. The quantitative estimate of drug-likeness (QED) is 0.395. The molecule has 9 heteroatoms. The van der Waals surface area contributed by atoms with Gasteiger partial charge in [-0.25, -0.2) is 4.98 Å². The standard InChI is InChI=1S/C23H25N7OS/c1-3-14-30-21(18-9-11-24-12-10-18)27-28-23(30)32-16-19(31)26-20(17-7-5-4-6-8-17)22-25-13-15-29(22)2/h4-13,15,20H,3,14,16H2,1-2H3,(H,26,31). The molecule has 1 N–H and O–H groups in total. The van der Waals surface area contributed by atoms with Gasteiger partial charge in [-0.05, 0) is 24.1 Å². The smallest absolute Gasteiger partial charge is 0.231 e. The van der Waals surface area contributed by atoms with Crippen LogP contribution >= 0.6 is 11.8 Å². The van der Waals surface area contributed by atoms with E-state index in [1.54, 1.807) is 18.6 Å². The summed E-state index contributed by atoms with van der Waals surface area (Å²) in [6, 6.07) is 13.4. The maximum Gasteiger partial charge on any atom is 0.231 e. The number of nitrogens with one attached hydrogen (secondary N) is 1. The van der Waals surface area contributed by atoms with E-state index >= 15 is 0 Å². The molecule has 4 aromatic rings. The van der Waals surface area contributed by atoms with E-state index in [0.29, 0.717) is 0 Å². The first-order valence-electron chi connectivity index (χ1n) is 10.4. The van der Waals surface area contributed by atoms with Gasteiger partial charge in [0.1, 0.15) is 11.9 Å². The summed E-state index contributed by atoms with van der Waals surface area (Å²) in [5.41, 5.74) is 1.94. The highest BCUT2D eigenvalue weighted by Gasteiger charge is 2.21. The summed E-state index contributed by atoms with van der Waals surface area (Å²) in [4.78, 5) is 21.4. The number of nitrogens with zero attached hydrogens (tertiary/aromatic N) is 6. The summed E-state index contributed by atoms with van der Waals surface area (Å²) in [6.07, 6.45) is 8.02. The number of amides is 1. The molecule has 0 bridgehead atoms. The van der Waals surface area contributed by atoms with Crippen LogP contribution in [0.2, 0.25) is 0 Å². The normalized spacial score (nSPS) is 11.9. The summed E-state index contributed by atoms with van der Waals surface area (Å²) in [6.45, 7) is 2.88. The van der Waals surface area contributed by atoms with Crippen molar-refractivity contribution in [1.82, 2.24) is 34.6 Å². The Balaban J connectivity index is 1.50. The predicted molar refractivity (Wildman–Crippen MR) is 124 cm³/mol. The van der Waals surface area contributed by atoms with Crippen LogP contribution in [0.25, 0.3) is 11.4 Å². The van der Waals surface area contributed by atoms with Crippen molar-refractivity contribution in [3.8, 4) is 11.4 Å². The number of hydrogen-bond donors (Lipinski definition) is 1. The van der Waals surface area contributed by atoms with Gasteiger partial charge in [0, 0.05) is 43.9 Å². The van der Waals surface area contributed by atoms with Crippen LogP contribution in [-0.4, -0.2) is 41.0 Å². The minimum absolute atomic E-state index is 0.0941. The van der Waals surface area contributed by atoms with E-state index in [0.717, 1.165) is 40.9 Å². The zero-order valence-electron chi connectivity index (χ0n) is 18.0. The lowest BCUT2D eigenvalue weighted by Crippen LogP contribution is -2.32. The van der Waals surface area contributed by atoms with E-state index in [1.807, 2.05) is 60.3 Å². The van der Waals surface area contributed by atoms with E-state index in [9.17, 15) is 4.79 Å². The number of rotatable bonds is 9. The Labute approximate surface area is 191 Å². The highest BCUT2D eigenvalue weighted by Crippen LogP contribution is 2.25. The second kappa shape index (κ2) is 10.2. The lowest BCUT2D eigenvalue weighted by Gasteiger charge is -2.19. The molecule has 1 unspecified atom stereocenters. The number of benzene rings is 1. The molecule has 3 aromatic heterocycles. The number of carbonyl (C=O) groups excluding carboxylic acids is 1. The van der Waals surface area contributed by atoms with Crippen LogP contribution in [0.4, 0.5) is 0 Å². The van der Waals surface area contributed by atoms with Crippen molar-refractivity contribution in [1.29, 1.82) is 0 Å². The Hall–Kier alpha value is -3.46. The van der Waals surface area contributed by atoms with Crippen molar-refractivity contribution in [3.63, 3.8) is 0 Å². The largest absolute Gasteiger partial charge is 0.341 e. The summed E-state index contributed by atoms with van der Waals surface area (Å²) < 4.78 is 3.98. The molecule has 3 heterocycles. The minimum Gasteiger partial charge on any atom is -0.341 e. The van der Waals surface area contributed by atoms with E-state index < -0.39 is 0 Å². The van der Waals surface area contributed by atoms with Crippen molar-refractivity contribution < 1.29 is 4.79 Å². The van der Waals surface area contributed by atoms with Gasteiger partial charge in [0.15, 0.2) is 11.0 Å². The number of hydrogen-bond acceptors (Lipinski definition) is 6. The van der Waals surface area contributed by atoms with Crippen molar-refractivity contribution in [3.05, 3.63) is 78.6 Å². The summed E-state index contributed by atoms with van der Waals surface area (Å²) >= 11 is 1.38. The first kappa shape index (κ1) is 21.8. The molecular weight excluding hydrogens is 422 g/mol. The van der Waals surface area contributed by atoms with E-state index in [-0.39, 0.29) is 17.7 Å². The molecule has 1 atom stereocenters. The Morgan fingerprint density at radius 1 is 1.09 bits per heavy atom. The van der Waals surface area contributed by atoms with Gasteiger partial charge in [-0.2, -0.15) is 0 Å². The number of aromatic nitrogens is 6. The molecule has 0 radical (unpaired) electrons. The predicted octanol–water partition coefficient (Wildman–Crippen LogP) is 3.48. The van der Waals surface area contributed by atoms with Crippen LogP contribution in [0.1, 0.15) is 30.8 Å². The van der Waals surface area contributed by atoms with Crippen LogP contribution in [0.3, 0.4) is 0 Å². The van der Waals surface area contributed by atoms with Gasteiger partial charge in [-0.1, -0.05) is 49.0 Å². The summed E-state index contributed by atoms with van der Waals surface area (Å²) in [5.74, 6) is 1.70. The second-order valence-electron chi connectivity index (χ2n) is 7.29. The molecule has 0 spiro atoms. The Bertz CT molecular complexity index is 1160. The average molecular weight is 448 g/mol. The first-order chi connectivity index (χ1) is 15.7. The highest BCUT2D eigenvalue weighted by molar-refractivity contribution is 7.99. The van der Waals surface area contributed by atoms with Crippen LogP contribution in [0, 0.1) is 0 Å². The molecule has 0 aliphatic carbocycles. The summed E-state index contributed by atoms with van der Waals surface area (Å²) in [5, 5.41) is 12.6. The molecule has 32 heavy (non-hydrogen) atoms. The van der Waals surface area contributed by atoms with Gasteiger partial charge < -0.3 is 14.5 Å². The number of aryl methyl sites for hydroxylation is 1. The second-order valence-corrected chi connectivity index (χ2v) is 8.23. The lowest BCUT2D eigenvalue weighted by atomic mass is 10.1. The average Bonchev–Trinajstić information content (AvgIpc) is 3.43. The molecule has 4 rings (SSSR count). The molecule has 0 aliphatic heterocycles. The third-order valence-electron chi connectivity index (χ3n) is 4.99. The van der Waals surface area contributed by atoms with Gasteiger partial charge in [0.05, 0.1) is 5.75 Å². The Morgan fingerprint density at radius 3 is 2.56 bits per heavy atom. The van der Waals surface area contributed by atoms with Crippen LogP contribution in [0.5, 0.6) is 0 Å². The molecule has 8 nitrogen and oxygen atoms in total. The molecule has 0 saturated heterocycles. The zero-order valence-corrected chi connectivity index (χ0v) is 18.9. The number of carbonyl (C=O) groups is 1. The fourth-order valence-electron chi connectivity index (χ4n) is 3.47. The topological polar surface area (TPSA) is 90.5 Å². The number of imidazole rings is 1. The highest BCUT2D eigenvalue weighted by atomic mass is 32.2. The Morgan fingerprint density at radius 2 is 1.88 bits per heavy atom. The molecule has 1 aromatic carbocycles. The molecule has 0 aliphatic rings. The molecular formula is C23H25N7OS. The van der Waals surface area contributed by atoms with Gasteiger partial charge in [0.25, 0.3) is 0 Å². The minimum atomic E-state index is -0.329. The fraction of sp³-hybridized carbons (Fsp3) is 0.261. The molecule has 164 valence electrons. The Kier molecular flexibility index (Phi) is 6.96. The van der Waals surface area contributed by atoms with Crippen molar-refractivity contribution >= 4 is 17.7 Å². The monoisotopic (exact) mass is 447 g/mol. The molecule has 0 fully saturated rings. The molecule has 0 saturated carbocycles. The van der Waals surface area contributed by atoms with E-state index in [4.69, 9.17) is 0 Å². The van der Waals surface area contributed by atoms with Crippen molar-refractivity contribution in [2.24, 2.45) is 7.05 Å². The van der Waals surface area contributed by atoms with Gasteiger partial charge in [-0.15, -0.1) is 10.2 Å². The van der Waals surface area contributed by atoms with Gasteiger partial charge >= 0.3 is 0 Å². The number of thioether (sulfide) groups is 1. The van der Waals surface area contributed by atoms with Crippen LogP contribution in [-0.2, 0) is 18.4 Å². The fourth-order valence-corrected chi connectivity index (χ4v) is 4.24. The lowest BCUT2D eigenvalue weighted by molar-refractivity contribution is -0.119. The number of pyridine rings is 1. The third kappa shape index (κ3) is 4.88. The van der Waals surface area contributed by atoms with Crippen molar-refractivity contribution in [2.45, 2.75) is 31.1 Å². The molecule has 1 amide bonds. The SMILES string of the molecule is CCCn1c(SCC(=O)NC(c2ccccc2)c2nccn2C)nnc1-c1ccncc1.